The number of hydrogen-bond donors (Lipinski definition) is 1. The SMILES string of the molecule is O=C(NC1CN2CCC1C2)c1cc2oc(OC(=O)C(F)(F)F)cc2cn1. The molecule has 2 aliphatic heterocycles. The van der Waals surface area contributed by atoms with Crippen molar-refractivity contribution in [3.63, 3.8) is 0 Å². The maximum Gasteiger partial charge on any atom is 0.491 e. The lowest BCUT2D eigenvalue weighted by Gasteiger charge is -2.22. The molecule has 2 bridgehead atoms. The first-order chi connectivity index (χ1) is 12.3. The fraction of sp³-hybridized carbons (Fsp3) is 0.438. The van der Waals surface area contributed by atoms with Gasteiger partial charge in [0.25, 0.3) is 11.9 Å². The highest BCUT2D eigenvalue weighted by atomic mass is 19.4. The van der Waals surface area contributed by atoms with Gasteiger partial charge < -0.3 is 19.4 Å². The topological polar surface area (TPSA) is 84.7 Å². The number of carbonyl (C=O) groups is 2. The Bertz CT molecular complexity index is 879. The summed E-state index contributed by atoms with van der Waals surface area (Å²) < 4.78 is 45.9. The summed E-state index contributed by atoms with van der Waals surface area (Å²) in [7, 11) is 0. The van der Waals surface area contributed by atoms with E-state index in [0.717, 1.165) is 32.1 Å². The summed E-state index contributed by atoms with van der Waals surface area (Å²) in [5.74, 6) is -2.94. The molecule has 0 radical (unpaired) electrons. The van der Waals surface area contributed by atoms with E-state index < -0.39 is 18.1 Å². The van der Waals surface area contributed by atoms with Crippen LogP contribution in [0.4, 0.5) is 13.2 Å². The first-order valence-corrected chi connectivity index (χ1v) is 8.01. The van der Waals surface area contributed by atoms with Gasteiger partial charge in [-0.3, -0.25) is 9.78 Å². The number of amides is 1. The number of furan rings is 1. The number of ether oxygens (including phenoxy) is 1. The van der Waals surface area contributed by atoms with Crippen LogP contribution in [0.25, 0.3) is 11.0 Å². The number of carbonyl (C=O) groups excluding carboxylic acids is 2. The molecule has 7 nitrogen and oxygen atoms in total. The molecular weight excluding hydrogens is 355 g/mol. The van der Waals surface area contributed by atoms with Crippen LogP contribution in [0.15, 0.2) is 22.7 Å². The van der Waals surface area contributed by atoms with Crippen LogP contribution in [0.1, 0.15) is 16.9 Å². The van der Waals surface area contributed by atoms with Crippen LogP contribution in [0, 0.1) is 5.92 Å². The second-order valence-electron chi connectivity index (χ2n) is 6.45. The highest BCUT2D eigenvalue weighted by molar-refractivity contribution is 5.95. The third-order valence-corrected chi connectivity index (χ3v) is 4.69. The van der Waals surface area contributed by atoms with E-state index in [9.17, 15) is 22.8 Å². The summed E-state index contributed by atoms with van der Waals surface area (Å²) in [6.07, 6.45) is -2.80. The van der Waals surface area contributed by atoms with Gasteiger partial charge in [0.15, 0.2) is 0 Å². The number of fused-ring (bicyclic) bond motifs is 3. The molecule has 2 aromatic rings. The number of pyridine rings is 1. The number of alkyl halides is 3. The summed E-state index contributed by atoms with van der Waals surface area (Å²) in [6.45, 7) is 2.83. The van der Waals surface area contributed by atoms with Crippen LogP contribution in [0.5, 0.6) is 5.95 Å². The van der Waals surface area contributed by atoms with Gasteiger partial charge in [-0.15, -0.1) is 0 Å². The van der Waals surface area contributed by atoms with Crippen molar-refractivity contribution < 1.29 is 31.9 Å². The minimum atomic E-state index is -5.13. The van der Waals surface area contributed by atoms with Gasteiger partial charge >= 0.3 is 12.1 Å². The maximum atomic E-state index is 12.4. The lowest BCUT2D eigenvalue weighted by Crippen LogP contribution is -2.43. The van der Waals surface area contributed by atoms with E-state index in [1.165, 1.54) is 12.3 Å². The Labute approximate surface area is 145 Å². The monoisotopic (exact) mass is 369 g/mol. The van der Waals surface area contributed by atoms with Crippen molar-refractivity contribution >= 4 is 22.8 Å². The molecular formula is C16H14F3N3O4. The van der Waals surface area contributed by atoms with E-state index in [1.54, 1.807) is 0 Å². The smallest absolute Gasteiger partial charge is 0.425 e. The molecule has 2 aliphatic rings. The number of hydrogen-bond acceptors (Lipinski definition) is 6. The minimum Gasteiger partial charge on any atom is -0.425 e. The van der Waals surface area contributed by atoms with Gasteiger partial charge in [-0.1, -0.05) is 0 Å². The maximum absolute atomic E-state index is 12.4. The Hall–Kier alpha value is -2.62. The van der Waals surface area contributed by atoms with Gasteiger partial charge in [0.1, 0.15) is 11.3 Å². The first-order valence-electron chi connectivity index (χ1n) is 8.01. The molecule has 10 heteroatoms. The number of halogens is 3. The highest BCUT2D eigenvalue weighted by Gasteiger charge is 2.42. The summed E-state index contributed by atoms with van der Waals surface area (Å²) >= 11 is 0. The quantitative estimate of drug-likeness (QED) is 0.830. The fourth-order valence-corrected chi connectivity index (χ4v) is 3.42. The van der Waals surface area contributed by atoms with Crippen LogP contribution < -0.4 is 10.1 Å². The van der Waals surface area contributed by atoms with Crippen molar-refractivity contribution in [2.75, 3.05) is 19.6 Å². The molecule has 0 spiro atoms. The van der Waals surface area contributed by atoms with E-state index in [0.29, 0.717) is 11.3 Å². The summed E-state index contributed by atoms with van der Waals surface area (Å²) in [6, 6.07) is 2.48. The van der Waals surface area contributed by atoms with E-state index in [1.807, 2.05) is 0 Å². The van der Waals surface area contributed by atoms with Crippen molar-refractivity contribution in [1.29, 1.82) is 0 Å². The third kappa shape index (κ3) is 3.12. The second-order valence-corrected chi connectivity index (χ2v) is 6.45. The normalized spacial score (nSPS) is 24.8. The zero-order chi connectivity index (χ0) is 18.5. The second kappa shape index (κ2) is 5.97. The predicted octanol–water partition coefficient (Wildman–Crippen LogP) is 1.73. The lowest BCUT2D eigenvalue weighted by atomic mass is 10.00. The number of piperidine rings is 1. The van der Waals surface area contributed by atoms with Crippen molar-refractivity contribution in [3.05, 3.63) is 24.0 Å². The Balaban J connectivity index is 1.48. The number of rotatable bonds is 3. The van der Waals surface area contributed by atoms with Crippen LogP contribution in [0.2, 0.25) is 0 Å². The van der Waals surface area contributed by atoms with E-state index in [4.69, 9.17) is 4.42 Å². The zero-order valence-electron chi connectivity index (χ0n) is 13.4. The van der Waals surface area contributed by atoms with E-state index in [-0.39, 0.29) is 23.2 Å². The molecule has 3 atom stereocenters. The molecule has 26 heavy (non-hydrogen) atoms. The van der Waals surface area contributed by atoms with Gasteiger partial charge in [-0.05, 0) is 18.9 Å². The summed E-state index contributed by atoms with van der Waals surface area (Å²) in [4.78, 5) is 29.5. The minimum absolute atomic E-state index is 0.0636. The molecule has 1 amide bonds. The standard InChI is InChI=1S/C16H14F3N3O4/c17-16(18,19)15(24)26-13-3-9-5-20-10(4-12(9)25-13)14(23)21-11-7-22-2-1-8(11)6-22/h3-5,8,11H,1-2,6-7H2,(H,21,23). The van der Waals surface area contributed by atoms with Crippen LogP contribution >= 0.6 is 0 Å². The number of nitrogens with zero attached hydrogens (tertiary/aromatic N) is 2. The summed E-state index contributed by atoms with van der Waals surface area (Å²) in [5.41, 5.74) is 0.185. The molecule has 2 aromatic heterocycles. The van der Waals surface area contributed by atoms with Crippen molar-refractivity contribution in [1.82, 2.24) is 15.2 Å². The first kappa shape index (κ1) is 16.8. The van der Waals surface area contributed by atoms with Crippen LogP contribution in [-0.4, -0.2) is 53.6 Å². The number of nitrogens with one attached hydrogen (secondary N) is 1. The fourth-order valence-electron chi connectivity index (χ4n) is 3.42. The van der Waals surface area contributed by atoms with Gasteiger partial charge in [-0.2, -0.15) is 13.2 Å². The molecule has 0 aliphatic carbocycles. The molecule has 4 heterocycles. The van der Waals surface area contributed by atoms with Crippen LogP contribution in [0.3, 0.4) is 0 Å². The average molecular weight is 369 g/mol. The average Bonchev–Trinajstić information content (AvgIpc) is 3.27. The molecule has 3 unspecified atom stereocenters. The van der Waals surface area contributed by atoms with Gasteiger partial charge in [0, 0.05) is 42.8 Å². The van der Waals surface area contributed by atoms with Crippen LogP contribution in [-0.2, 0) is 4.79 Å². The van der Waals surface area contributed by atoms with E-state index in [2.05, 4.69) is 19.9 Å². The lowest BCUT2D eigenvalue weighted by molar-refractivity contribution is -0.190. The largest absolute Gasteiger partial charge is 0.491 e. The van der Waals surface area contributed by atoms with Gasteiger partial charge in [-0.25, -0.2) is 4.79 Å². The van der Waals surface area contributed by atoms with Gasteiger partial charge in [0.2, 0.25) is 0 Å². The highest BCUT2D eigenvalue weighted by Crippen LogP contribution is 2.29. The van der Waals surface area contributed by atoms with Crippen molar-refractivity contribution in [3.8, 4) is 5.95 Å². The zero-order valence-corrected chi connectivity index (χ0v) is 13.4. The molecule has 2 fully saturated rings. The Morgan fingerprint density at radius 1 is 1.31 bits per heavy atom. The molecule has 1 N–H and O–H groups in total. The molecule has 0 saturated carbocycles. The van der Waals surface area contributed by atoms with Gasteiger partial charge in [0.05, 0.1) is 0 Å². The van der Waals surface area contributed by atoms with Crippen molar-refractivity contribution in [2.45, 2.75) is 18.6 Å². The summed E-state index contributed by atoms with van der Waals surface area (Å²) in [5, 5.41) is 3.25. The molecule has 138 valence electrons. The number of esters is 1. The molecule has 4 rings (SSSR count). The molecule has 0 aromatic carbocycles. The Morgan fingerprint density at radius 2 is 2.12 bits per heavy atom. The Kier molecular flexibility index (Phi) is 3.87. The predicted molar refractivity (Wildman–Crippen MR) is 81.5 cm³/mol. The molecule has 2 saturated heterocycles. The third-order valence-electron chi connectivity index (χ3n) is 4.69. The van der Waals surface area contributed by atoms with Crippen molar-refractivity contribution in [2.24, 2.45) is 5.92 Å². The number of aromatic nitrogens is 1. The Morgan fingerprint density at radius 3 is 2.77 bits per heavy atom. The van der Waals surface area contributed by atoms with E-state index >= 15 is 0 Å².